The summed E-state index contributed by atoms with van der Waals surface area (Å²) < 4.78 is 5.89. The molecular weight excluding hydrogens is 358 g/mol. The zero-order valence-corrected chi connectivity index (χ0v) is 17.0. The predicted octanol–water partition coefficient (Wildman–Crippen LogP) is 4.37. The highest BCUT2D eigenvalue weighted by Crippen LogP contribution is 2.25. The van der Waals surface area contributed by atoms with E-state index >= 15 is 0 Å². The number of aryl methyl sites for hydroxylation is 1. The van der Waals surface area contributed by atoms with Gasteiger partial charge in [-0.3, -0.25) is 4.79 Å². The third kappa shape index (κ3) is 4.95. The van der Waals surface area contributed by atoms with Gasteiger partial charge in [-0.15, -0.1) is 0 Å². The number of anilines is 2. The van der Waals surface area contributed by atoms with E-state index in [0.29, 0.717) is 11.4 Å². The fraction of sp³-hybridized carbons (Fsp3) is 0.429. The first-order valence-corrected chi connectivity index (χ1v) is 10.6. The molecule has 0 aliphatic carbocycles. The normalized spacial score (nSPS) is 16.2. The second kappa shape index (κ2) is 9.13. The van der Waals surface area contributed by atoms with Gasteiger partial charge in [0.2, 0.25) is 5.88 Å². The summed E-state index contributed by atoms with van der Waals surface area (Å²) in [4.78, 5) is 19.2. The maximum atomic E-state index is 12.7. The summed E-state index contributed by atoms with van der Waals surface area (Å²) in [6.45, 7) is 8.22. The zero-order valence-electron chi connectivity index (χ0n) is 16.2. The molecule has 1 aliphatic heterocycles. The number of carbonyl (C=O) groups excluding carboxylic acids is 1. The first-order chi connectivity index (χ1) is 13.1. The highest BCUT2D eigenvalue weighted by atomic mass is 32.2. The van der Waals surface area contributed by atoms with Crippen molar-refractivity contribution in [1.29, 1.82) is 0 Å². The molecule has 1 saturated heterocycles. The number of rotatable bonds is 7. The molecule has 1 atom stereocenters. The summed E-state index contributed by atoms with van der Waals surface area (Å²) in [6.07, 6.45) is 2.85. The van der Waals surface area contributed by atoms with Crippen molar-refractivity contribution in [3.8, 4) is 5.88 Å². The molecule has 1 aliphatic rings. The molecule has 0 saturated carbocycles. The van der Waals surface area contributed by atoms with Gasteiger partial charge in [0.25, 0.3) is 5.91 Å². The van der Waals surface area contributed by atoms with Gasteiger partial charge >= 0.3 is 0 Å². The minimum absolute atomic E-state index is 0.151. The summed E-state index contributed by atoms with van der Waals surface area (Å²) in [5, 5.41) is 3.00. The Morgan fingerprint density at radius 2 is 2.11 bits per heavy atom. The largest absolute Gasteiger partial charge is 0.473 e. The topological polar surface area (TPSA) is 54.5 Å². The van der Waals surface area contributed by atoms with Crippen LogP contribution in [0.4, 0.5) is 11.4 Å². The van der Waals surface area contributed by atoms with E-state index in [1.54, 1.807) is 18.3 Å². The van der Waals surface area contributed by atoms with Gasteiger partial charge in [0.15, 0.2) is 0 Å². The Labute approximate surface area is 165 Å². The van der Waals surface area contributed by atoms with Crippen molar-refractivity contribution in [2.75, 3.05) is 34.8 Å². The Balaban J connectivity index is 1.69. The third-order valence-corrected chi connectivity index (χ3v) is 5.89. The van der Waals surface area contributed by atoms with E-state index in [1.807, 2.05) is 24.8 Å². The fourth-order valence-corrected chi connectivity index (χ4v) is 4.25. The zero-order chi connectivity index (χ0) is 19.2. The minimum atomic E-state index is -0.151. The van der Waals surface area contributed by atoms with Gasteiger partial charge in [-0.1, -0.05) is 0 Å². The van der Waals surface area contributed by atoms with Gasteiger partial charge in [0.05, 0.1) is 0 Å². The molecule has 2 heterocycles. The van der Waals surface area contributed by atoms with Gasteiger partial charge in [-0.25, -0.2) is 4.98 Å². The molecule has 2 aromatic rings. The third-order valence-electron chi connectivity index (χ3n) is 4.76. The molecule has 0 bridgehead atoms. The number of pyridine rings is 1. The number of ether oxygens (including phenoxy) is 1. The molecule has 1 N–H and O–H groups in total. The average Bonchev–Trinajstić information content (AvgIpc) is 3.18. The Bertz CT molecular complexity index is 787. The average molecular weight is 386 g/mol. The van der Waals surface area contributed by atoms with Crippen LogP contribution in [0.25, 0.3) is 0 Å². The molecular formula is C21H27N3O2S. The van der Waals surface area contributed by atoms with Gasteiger partial charge in [0, 0.05) is 48.0 Å². The van der Waals surface area contributed by atoms with Gasteiger partial charge in [-0.05, 0) is 62.8 Å². The van der Waals surface area contributed by atoms with Crippen molar-refractivity contribution < 1.29 is 9.53 Å². The lowest BCUT2D eigenvalue weighted by atomic mass is 10.1. The molecule has 1 aromatic carbocycles. The van der Waals surface area contributed by atoms with Gasteiger partial charge < -0.3 is 15.0 Å². The number of thioether (sulfide) groups is 1. The fourth-order valence-electron chi connectivity index (χ4n) is 3.16. The number of benzene rings is 1. The maximum Gasteiger partial charge on any atom is 0.255 e. The Morgan fingerprint density at radius 3 is 2.78 bits per heavy atom. The van der Waals surface area contributed by atoms with Crippen LogP contribution >= 0.6 is 11.8 Å². The molecule has 6 heteroatoms. The van der Waals surface area contributed by atoms with Crippen molar-refractivity contribution in [2.45, 2.75) is 33.3 Å². The van der Waals surface area contributed by atoms with E-state index in [9.17, 15) is 4.79 Å². The maximum absolute atomic E-state index is 12.7. The van der Waals surface area contributed by atoms with E-state index < -0.39 is 0 Å². The number of amides is 1. The second-order valence-electron chi connectivity index (χ2n) is 6.61. The number of hydrogen-bond donors (Lipinski definition) is 1. The van der Waals surface area contributed by atoms with E-state index in [4.69, 9.17) is 4.74 Å². The van der Waals surface area contributed by atoms with Crippen LogP contribution < -0.4 is 15.0 Å². The van der Waals surface area contributed by atoms with E-state index in [2.05, 4.69) is 41.2 Å². The SMILES string of the molecule is CCN(CC)c1ccc(NC(=O)c2ccnc(OC3CCSC3)c2)c(C)c1. The quantitative estimate of drug-likeness (QED) is 0.767. The molecule has 1 amide bonds. The van der Waals surface area contributed by atoms with E-state index in [1.165, 1.54) is 5.69 Å². The van der Waals surface area contributed by atoms with E-state index in [-0.39, 0.29) is 12.0 Å². The molecule has 3 rings (SSSR count). The van der Waals surface area contributed by atoms with Crippen LogP contribution in [0.2, 0.25) is 0 Å². The Hall–Kier alpha value is -2.21. The predicted molar refractivity (Wildman–Crippen MR) is 113 cm³/mol. The van der Waals surface area contributed by atoms with Crippen molar-refractivity contribution in [1.82, 2.24) is 4.98 Å². The van der Waals surface area contributed by atoms with Gasteiger partial charge in [-0.2, -0.15) is 11.8 Å². The lowest BCUT2D eigenvalue weighted by Crippen LogP contribution is -2.22. The Morgan fingerprint density at radius 1 is 1.30 bits per heavy atom. The first kappa shape index (κ1) is 19.5. The number of nitrogens with one attached hydrogen (secondary N) is 1. The van der Waals surface area contributed by atoms with Crippen LogP contribution in [-0.2, 0) is 0 Å². The summed E-state index contributed by atoms with van der Waals surface area (Å²) in [6, 6.07) is 9.56. The first-order valence-electron chi connectivity index (χ1n) is 9.48. The number of carbonyl (C=O) groups is 1. The van der Waals surface area contributed by atoms with Crippen LogP contribution in [0.1, 0.15) is 36.2 Å². The highest BCUT2D eigenvalue weighted by Gasteiger charge is 2.18. The van der Waals surface area contributed by atoms with Crippen molar-refractivity contribution in [2.24, 2.45) is 0 Å². The summed E-state index contributed by atoms with van der Waals surface area (Å²) in [5.74, 6) is 2.47. The lowest BCUT2D eigenvalue weighted by molar-refractivity contribution is 0.102. The molecule has 1 fully saturated rings. The lowest BCUT2D eigenvalue weighted by Gasteiger charge is -2.22. The summed E-state index contributed by atoms with van der Waals surface area (Å²) in [7, 11) is 0. The Kier molecular flexibility index (Phi) is 6.61. The van der Waals surface area contributed by atoms with Crippen LogP contribution in [0, 0.1) is 6.92 Å². The van der Waals surface area contributed by atoms with Crippen molar-refractivity contribution >= 4 is 29.0 Å². The van der Waals surface area contributed by atoms with Crippen molar-refractivity contribution in [3.63, 3.8) is 0 Å². The number of hydrogen-bond acceptors (Lipinski definition) is 5. The molecule has 1 aromatic heterocycles. The number of aromatic nitrogens is 1. The summed E-state index contributed by atoms with van der Waals surface area (Å²) >= 11 is 1.89. The molecule has 5 nitrogen and oxygen atoms in total. The second-order valence-corrected chi connectivity index (χ2v) is 7.76. The van der Waals surface area contributed by atoms with Crippen LogP contribution in [-0.4, -0.2) is 41.6 Å². The molecule has 27 heavy (non-hydrogen) atoms. The summed E-state index contributed by atoms with van der Waals surface area (Å²) in [5.41, 5.74) is 3.59. The molecule has 144 valence electrons. The molecule has 0 spiro atoms. The standard InChI is InChI=1S/C21H27N3O2S/c1-4-24(5-2)17-6-7-19(15(3)12-17)23-21(25)16-8-10-22-20(13-16)26-18-9-11-27-14-18/h6-8,10,12-13,18H,4-5,9,11,14H2,1-3H3,(H,23,25). The van der Waals surface area contributed by atoms with Crippen LogP contribution in [0.3, 0.4) is 0 Å². The highest BCUT2D eigenvalue weighted by molar-refractivity contribution is 7.99. The van der Waals surface area contributed by atoms with Crippen LogP contribution in [0.5, 0.6) is 5.88 Å². The smallest absolute Gasteiger partial charge is 0.255 e. The number of nitrogens with zero attached hydrogens (tertiary/aromatic N) is 2. The van der Waals surface area contributed by atoms with E-state index in [0.717, 1.165) is 42.3 Å². The van der Waals surface area contributed by atoms with Crippen molar-refractivity contribution in [3.05, 3.63) is 47.7 Å². The molecule has 0 radical (unpaired) electrons. The minimum Gasteiger partial charge on any atom is -0.473 e. The monoisotopic (exact) mass is 385 g/mol. The molecule has 1 unspecified atom stereocenters. The van der Waals surface area contributed by atoms with Gasteiger partial charge in [0.1, 0.15) is 6.10 Å². The van der Waals surface area contributed by atoms with Crippen LogP contribution in [0.15, 0.2) is 36.5 Å².